The molecule has 0 bridgehead atoms. The van der Waals surface area contributed by atoms with Gasteiger partial charge in [0.15, 0.2) is 0 Å². The highest BCUT2D eigenvalue weighted by molar-refractivity contribution is 4.84. The zero-order chi connectivity index (χ0) is 11.7. The smallest absolute Gasteiger partial charge is 0.129 e. The first-order valence-electron chi connectivity index (χ1n) is 5.75. The summed E-state index contributed by atoms with van der Waals surface area (Å²) >= 11 is 0. The van der Waals surface area contributed by atoms with Crippen LogP contribution in [0.2, 0.25) is 0 Å². The summed E-state index contributed by atoms with van der Waals surface area (Å²) in [7, 11) is 0. The molecule has 0 amide bonds. The van der Waals surface area contributed by atoms with Gasteiger partial charge in [-0.05, 0) is 19.8 Å². The van der Waals surface area contributed by atoms with Crippen LogP contribution in [0.1, 0.15) is 46.5 Å². The lowest BCUT2D eigenvalue weighted by atomic mass is 10.3. The average Bonchev–Trinajstić information content (AvgIpc) is 2.15. The van der Waals surface area contributed by atoms with E-state index in [0.29, 0.717) is 6.61 Å². The Balaban J connectivity index is 3.60. The van der Waals surface area contributed by atoms with Gasteiger partial charge < -0.3 is 9.47 Å². The third-order valence-electron chi connectivity index (χ3n) is 1.95. The number of ether oxygens (including phenoxy) is 2. The van der Waals surface area contributed by atoms with E-state index in [1.807, 2.05) is 6.92 Å². The van der Waals surface area contributed by atoms with Gasteiger partial charge in [-0.2, -0.15) is 0 Å². The number of rotatable bonds is 9. The maximum Gasteiger partial charge on any atom is 0.129 e. The molecular weight excluding hydrogens is 188 g/mol. The molecule has 0 aliphatic heterocycles. The molecule has 0 fully saturated rings. The SMILES string of the molecule is C=C(CCC)OCC(C)OC(=C)CCC. The maximum absolute atomic E-state index is 5.56. The summed E-state index contributed by atoms with van der Waals surface area (Å²) in [5.74, 6) is 1.68. The van der Waals surface area contributed by atoms with Gasteiger partial charge >= 0.3 is 0 Å². The predicted octanol–water partition coefficient (Wildman–Crippen LogP) is 4.04. The van der Waals surface area contributed by atoms with Crippen molar-refractivity contribution in [3.05, 3.63) is 24.7 Å². The molecule has 0 saturated carbocycles. The molecule has 0 aromatic rings. The van der Waals surface area contributed by atoms with Gasteiger partial charge in [-0.25, -0.2) is 0 Å². The van der Waals surface area contributed by atoms with Crippen LogP contribution in [0, 0.1) is 0 Å². The number of allylic oxidation sites excluding steroid dienone is 2. The van der Waals surface area contributed by atoms with E-state index < -0.39 is 0 Å². The second-order valence-corrected chi connectivity index (χ2v) is 3.82. The van der Waals surface area contributed by atoms with Gasteiger partial charge in [0.05, 0.1) is 11.5 Å². The van der Waals surface area contributed by atoms with Gasteiger partial charge in [-0.3, -0.25) is 0 Å². The molecule has 1 unspecified atom stereocenters. The van der Waals surface area contributed by atoms with Crippen molar-refractivity contribution in [3.63, 3.8) is 0 Å². The Morgan fingerprint density at radius 3 is 2.13 bits per heavy atom. The third-order valence-corrected chi connectivity index (χ3v) is 1.95. The van der Waals surface area contributed by atoms with Crippen molar-refractivity contribution in [2.75, 3.05) is 6.61 Å². The molecular formula is C13H24O2. The van der Waals surface area contributed by atoms with Gasteiger partial charge in [0, 0.05) is 12.8 Å². The van der Waals surface area contributed by atoms with Gasteiger partial charge in [-0.1, -0.05) is 27.0 Å². The van der Waals surface area contributed by atoms with Crippen LogP contribution in [0.4, 0.5) is 0 Å². The van der Waals surface area contributed by atoms with Crippen molar-refractivity contribution >= 4 is 0 Å². The van der Waals surface area contributed by atoms with Crippen molar-refractivity contribution in [1.82, 2.24) is 0 Å². The molecule has 0 radical (unpaired) electrons. The zero-order valence-corrected chi connectivity index (χ0v) is 10.3. The van der Waals surface area contributed by atoms with Crippen LogP contribution in [0.15, 0.2) is 24.7 Å². The summed E-state index contributed by atoms with van der Waals surface area (Å²) in [5.41, 5.74) is 0. The quantitative estimate of drug-likeness (QED) is 0.537. The van der Waals surface area contributed by atoms with Crippen LogP contribution in [-0.2, 0) is 9.47 Å². The van der Waals surface area contributed by atoms with Gasteiger partial charge in [0.1, 0.15) is 12.7 Å². The first kappa shape index (κ1) is 14.1. The molecule has 2 heteroatoms. The molecule has 0 saturated heterocycles. The second-order valence-electron chi connectivity index (χ2n) is 3.82. The molecule has 0 spiro atoms. The lowest BCUT2D eigenvalue weighted by Crippen LogP contribution is -2.15. The molecule has 88 valence electrons. The average molecular weight is 212 g/mol. The van der Waals surface area contributed by atoms with E-state index in [1.165, 1.54) is 0 Å². The van der Waals surface area contributed by atoms with Crippen molar-refractivity contribution in [3.8, 4) is 0 Å². The fraction of sp³-hybridized carbons (Fsp3) is 0.692. The topological polar surface area (TPSA) is 18.5 Å². The van der Waals surface area contributed by atoms with Crippen LogP contribution in [0.5, 0.6) is 0 Å². The second kappa shape index (κ2) is 8.39. The molecule has 1 atom stereocenters. The van der Waals surface area contributed by atoms with Crippen molar-refractivity contribution in [2.24, 2.45) is 0 Å². The van der Waals surface area contributed by atoms with Crippen LogP contribution in [0.25, 0.3) is 0 Å². The van der Waals surface area contributed by atoms with Crippen LogP contribution in [-0.4, -0.2) is 12.7 Å². The van der Waals surface area contributed by atoms with E-state index in [2.05, 4.69) is 27.0 Å². The highest BCUT2D eigenvalue weighted by Gasteiger charge is 2.05. The fourth-order valence-electron chi connectivity index (χ4n) is 1.24. The summed E-state index contributed by atoms with van der Waals surface area (Å²) in [5, 5.41) is 0. The number of hydrogen-bond donors (Lipinski definition) is 0. The van der Waals surface area contributed by atoms with Crippen LogP contribution in [0.3, 0.4) is 0 Å². The van der Waals surface area contributed by atoms with Crippen molar-refractivity contribution in [2.45, 2.75) is 52.6 Å². The lowest BCUT2D eigenvalue weighted by molar-refractivity contribution is 0.0488. The largest absolute Gasteiger partial charge is 0.495 e. The Morgan fingerprint density at radius 2 is 1.60 bits per heavy atom. The van der Waals surface area contributed by atoms with E-state index in [9.17, 15) is 0 Å². The fourth-order valence-corrected chi connectivity index (χ4v) is 1.24. The molecule has 0 heterocycles. The summed E-state index contributed by atoms with van der Waals surface area (Å²) in [4.78, 5) is 0. The molecule has 0 aliphatic rings. The first-order chi connectivity index (χ1) is 7.10. The molecule has 0 aromatic heterocycles. The Morgan fingerprint density at radius 1 is 1.07 bits per heavy atom. The van der Waals surface area contributed by atoms with E-state index in [1.54, 1.807) is 0 Å². The predicted molar refractivity (Wildman–Crippen MR) is 64.6 cm³/mol. The molecule has 0 aliphatic carbocycles. The Hall–Kier alpha value is -0.920. The van der Waals surface area contributed by atoms with Gasteiger partial charge in [0.2, 0.25) is 0 Å². The standard InChI is InChI=1S/C13H24O2/c1-6-8-11(3)14-10-13(5)15-12(4)9-7-2/h13H,3-4,6-10H2,1-2,5H3. The Kier molecular flexibility index (Phi) is 7.88. The van der Waals surface area contributed by atoms with Gasteiger partial charge in [-0.15, -0.1) is 0 Å². The minimum absolute atomic E-state index is 0.0534. The molecule has 2 nitrogen and oxygen atoms in total. The normalized spacial score (nSPS) is 11.9. The van der Waals surface area contributed by atoms with Crippen molar-refractivity contribution in [1.29, 1.82) is 0 Å². The molecule has 15 heavy (non-hydrogen) atoms. The third kappa shape index (κ3) is 8.10. The minimum Gasteiger partial charge on any atom is -0.495 e. The van der Waals surface area contributed by atoms with E-state index in [4.69, 9.17) is 9.47 Å². The van der Waals surface area contributed by atoms with Gasteiger partial charge in [0.25, 0.3) is 0 Å². The van der Waals surface area contributed by atoms with E-state index >= 15 is 0 Å². The monoisotopic (exact) mass is 212 g/mol. The Bertz CT molecular complexity index is 197. The Labute approximate surface area is 94.0 Å². The zero-order valence-electron chi connectivity index (χ0n) is 10.3. The number of hydrogen-bond acceptors (Lipinski definition) is 2. The van der Waals surface area contributed by atoms with Crippen LogP contribution >= 0.6 is 0 Å². The van der Waals surface area contributed by atoms with Crippen LogP contribution < -0.4 is 0 Å². The van der Waals surface area contributed by atoms with E-state index in [-0.39, 0.29) is 6.10 Å². The lowest BCUT2D eigenvalue weighted by Gasteiger charge is -2.17. The summed E-state index contributed by atoms with van der Waals surface area (Å²) < 4.78 is 11.0. The summed E-state index contributed by atoms with van der Waals surface area (Å²) in [6, 6.07) is 0. The summed E-state index contributed by atoms with van der Waals surface area (Å²) in [6.45, 7) is 14.4. The first-order valence-corrected chi connectivity index (χ1v) is 5.75. The molecule has 0 aromatic carbocycles. The molecule has 0 N–H and O–H groups in total. The maximum atomic E-state index is 5.56. The minimum atomic E-state index is 0.0534. The highest BCUT2D eigenvalue weighted by Crippen LogP contribution is 2.10. The molecule has 0 rings (SSSR count). The van der Waals surface area contributed by atoms with Crippen molar-refractivity contribution < 1.29 is 9.47 Å². The van der Waals surface area contributed by atoms with E-state index in [0.717, 1.165) is 37.2 Å². The highest BCUT2D eigenvalue weighted by atomic mass is 16.5. The summed E-state index contributed by atoms with van der Waals surface area (Å²) in [6.07, 6.45) is 4.02.